The molecule has 0 aromatic heterocycles. The first-order chi connectivity index (χ1) is 48.4. The van der Waals surface area contributed by atoms with Crippen LogP contribution in [0.5, 0.6) is 0 Å². The number of thiocyanates is 1. The van der Waals surface area contributed by atoms with Crippen LogP contribution in [-0.2, 0) is 29.1 Å². The van der Waals surface area contributed by atoms with Gasteiger partial charge in [-0.05, 0) is 135 Å². The van der Waals surface area contributed by atoms with Gasteiger partial charge in [-0.1, -0.05) is 80.1 Å². The van der Waals surface area contributed by atoms with Gasteiger partial charge in [-0.3, -0.25) is 0 Å². The van der Waals surface area contributed by atoms with Crippen LogP contribution < -0.4 is 9.44 Å². The molecule has 0 radical (unpaired) electrons. The molecule has 0 atom stereocenters. The van der Waals surface area contributed by atoms with Crippen LogP contribution >= 0.6 is 38.4 Å². The van der Waals surface area contributed by atoms with Gasteiger partial charge in [0, 0.05) is 41.3 Å². The van der Waals surface area contributed by atoms with E-state index in [0.717, 1.165) is 11.8 Å². The van der Waals surface area contributed by atoms with E-state index in [4.69, 9.17) is 15.9 Å². The molecule has 0 heterocycles. The van der Waals surface area contributed by atoms with Crippen LogP contribution in [0.25, 0.3) is 0 Å². The topological polar surface area (TPSA) is 177 Å². The number of sulfonamides is 2. The fourth-order valence-corrected chi connectivity index (χ4v) is 12.5. The molecular weight excluding hydrogens is 1760 g/mol. The van der Waals surface area contributed by atoms with E-state index in [1.54, 1.807) is 5.40 Å². The lowest BCUT2D eigenvalue weighted by Gasteiger charge is -2.33. The quantitative estimate of drug-likeness (QED) is 0.0114. The number of nitrogens with one attached hydrogen (secondary N) is 2. The van der Waals surface area contributed by atoms with Crippen molar-refractivity contribution in [2.24, 2.45) is 0 Å². The summed E-state index contributed by atoms with van der Waals surface area (Å²) < 4.78 is 504. The van der Waals surface area contributed by atoms with Crippen molar-refractivity contribution in [2.45, 2.75) is 263 Å². The van der Waals surface area contributed by atoms with Gasteiger partial charge in [0.25, 0.3) is 28.3 Å². The number of hydrogen-bond acceptors (Lipinski definition) is 10. The fraction of sp³-hybridized carbons (Fsp3) is 0.982. The van der Waals surface area contributed by atoms with Crippen LogP contribution in [0.1, 0.15) is 173 Å². The first kappa shape index (κ1) is 115. The molecule has 0 saturated heterocycles. The minimum Gasteiger partial charge on any atom is -0.633 e. The van der Waals surface area contributed by atoms with Gasteiger partial charge >= 0.3 is 61.8 Å². The van der Waals surface area contributed by atoms with Crippen molar-refractivity contribution in [3.63, 3.8) is 0 Å². The molecule has 53 heteroatoms. The van der Waals surface area contributed by atoms with Crippen LogP contribution in [0.4, 0.5) is 154 Å². The van der Waals surface area contributed by atoms with Gasteiger partial charge in [-0.2, -0.15) is 137 Å². The van der Waals surface area contributed by atoms with Gasteiger partial charge in [0.2, 0.25) is 29.1 Å². The Labute approximate surface area is 625 Å². The van der Waals surface area contributed by atoms with Gasteiger partial charge in [-0.25, -0.2) is 56.6 Å². The molecule has 0 bridgehead atoms. The highest BCUT2D eigenvalue weighted by molar-refractivity contribution is 9.09. The maximum Gasteiger partial charge on any atom is 0.431 e. The van der Waals surface area contributed by atoms with Crippen LogP contribution in [0.2, 0.25) is 0 Å². The number of nitrogens with zero attached hydrogens (tertiary/aromatic N) is 3. The molecule has 0 unspecified atom stereocenters. The Balaban J connectivity index is -0.000000418. The molecule has 0 rings (SSSR count). The van der Waals surface area contributed by atoms with Gasteiger partial charge in [0.1, 0.15) is 5.40 Å². The summed E-state index contributed by atoms with van der Waals surface area (Å²) in [5, 5.41) is 21.9. The predicted molar refractivity (Wildman–Crippen MR) is 338 cm³/mol. The Morgan fingerprint density at radius 2 is 0.587 bits per heavy atom. The number of unbranched alkanes of at least 4 members (excludes halogenated alkanes) is 15. The number of thioether (sulfide) groups is 1. The second-order valence-corrected chi connectivity index (χ2v) is 33.3. The van der Waals surface area contributed by atoms with Gasteiger partial charge in [-0.15, -0.1) is 0 Å². The number of hydroxylamine groups is 3. The van der Waals surface area contributed by atoms with E-state index in [-0.39, 0.29) is 102 Å². The van der Waals surface area contributed by atoms with Gasteiger partial charge in [0.15, 0.2) is 0 Å². The number of rotatable bonds is 44. The molecule has 12 nitrogen and oxygen atoms in total. The maximum absolute atomic E-state index is 13.4. The monoisotopic (exact) mass is 1850 g/mol. The molecular formula is C56H86BrClF35N5O7S4. The van der Waals surface area contributed by atoms with Crippen molar-refractivity contribution >= 4 is 67.5 Å². The first-order valence-corrected chi connectivity index (χ1v) is 40.0. The zero-order chi connectivity index (χ0) is 87.4. The smallest absolute Gasteiger partial charge is 0.431 e. The second kappa shape index (κ2) is 48.5. The Morgan fingerprint density at radius 1 is 0.367 bits per heavy atom. The zero-order valence-corrected chi connectivity index (χ0v) is 63.9. The van der Waals surface area contributed by atoms with E-state index in [9.17, 15) is 184 Å². The Hall–Kier alpha value is -2.19. The summed E-state index contributed by atoms with van der Waals surface area (Å²) in [6.07, 6.45) is -68.5. The molecule has 0 aromatic carbocycles. The standard InChI is InChI=1S/C14H25F7N2O3S.C14H25F7N2O2S.C10H12F7NS.C9H12BrF7.C9H12ClF7O2S/c1-23(2,24)10-7-9-22-27(25,26)11-6-4-3-5-8-12(15,13(16,17)18)14(19,20)21;1-23(2)10-7-9-22-26(24,25)11-6-4-3-5-8-12(15,13(16,17)18)14(19,20)21;11-8(9(12,13)14,10(15,16)17)5-3-1-2-4-6-19-7-18;10-6-4-2-1-3-5-7(11,8(12,13)14)9(15,16)17;10-20(18,19)6-4-2-1-3-5-7(11,8(12,13)14)9(15,16)17/h22H,3-11H2,1-2H3;22H,3-11H2,1-2H3;1-6H2;1-6H2;1-6H2. The molecule has 0 spiro atoms. The van der Waals surface area contributed by atoms with Crippen molar-refractivity contribution in [3.05, 3.63) is 5.21 Å². The van der Waals surface area contributed by atoms with Gasteiger partial charge < -0.3 is 14.8 Å². The Kier molecular flexibility index (Phi) is 51.3. The summed E-state index contributed by atoms with van der Waals surface area (Å²) in [5.41, 5.74) is -26.0. The SMILES string of the molecule is CN(C)CCCNS(=O)(=O)CCCCCCC(F)(C(F)(F)F)C(F)(F)F.C[N+](C)([O-])CCCNS(=O)(=O)CCCCCCC(F)(C(F)(F)F)C(F)(F)F.FC(F)(F)C(F)(CCCCCCBr)C(F)(F)F.N#CSCCCCCCC(F)(C(F)(F)F)C(F)(F)F.O=S(=O)(Cl)CCCCCCC(F)(C(F)(F)F)C(F)(F)F. The van der Waals surface area contributed by atoms with E-state index in [1.807, 2.05) is 19.0 Å². The van der Waals surface area contributed by atoms with Crippen LogP contribution in [0.3, 0.4) is 0 Å². The molecule has 0 aliphatic carbocycles. The highest BCUT2D eigenvalue weighted by Crippen LogP contribution is 2.54. The number of nitriles is 1. The molecule has 660 valence electrons. The number of hydrogen-bond donors (Lipinski definition) is 2. The number of quaternary nitrogens is 1. The van der Waals surface area contributed by atoms with E-state index in [0.29, 0.717) is 56.2 Å². The zero-order valence-electron chi connectivity index (χ0n) is 58.3. The summed E-state index contributed by atoms with van der Waals surface area (Å²) >= 11 is 4.02. The average molecular weight is 1850 g/mol. The number of alkyl halides is 36. The molecule has 0 aliphatic rings. The van der Waals surface area contributed by atoms with Crippen molar-refractivity contribution in [2.75, 3.05) is 82.7 Å². The van der Waals surface area contributed by atoms with Crippen LogP contribution in [-0.4, -0.2) is 208 Å². The molecule has 0 amide bonds. The van der Waals surface area contributed by atoms with Crippen molar-refractivity contribution in [1.29, 1.82) is 5.26 Å². The van der Waals surface area contributed by atoms with Gasteiger partial charge in [0.05, 0.1) is 37.9 Å². The largest absolute Gasteiger partial charge is 0.633 e. The molecule has 109 heavy (non-hydrogen) atoms. The summed E-state index contributed by atoms with van der Waals surface area (Å²) in [6, 6.07) is 0. The second-order valence-electron chi connectivity index (χ2n) is 24.9. The van der Waals surface area contributed by atoms with E-state index < -0.39 is 194 Å². The molecule has 0 saturated carbocycles. The third kappa shape index (κ3) is 47.0. The lowest BCUT2D eigenvalue weighted by Crippen LogP contribution is -2.53. The van der Waals surface area contributed by atoms with E-state index >= 15 is 0 Å². The minimum atomic E-state index is -6.06. The molecule has 0 fully saturated rings. The summed E-state index contributed by atoms with van der Waals surface area (Å²) in [7, 11) is 0.371. The van der Waals surface area contributed by atoms with E-state index in [2.05, 4.69) is 25.4 Å². The minimum absolute atomic E-state index is 0.00969. The summed E-state index contributed by atoms with van der Waals surface area (Å²) in [4.78, 5) is 1.88. The summed E-state index contributed by atoms with van der Waals surface area (Å²) in [5.74, 6) is -0.625. The molecule has 2 N–H and O–H groups in total. The maximum atomic E-state index is 13.4. The van der Waals surface area contributed by atoms with Crippen molar-refractivity contribution < 1.29 is 184 Å². The highest BCUT2D eigenvalue weighted by Gasteiger charge is 2.75. The third-order valence-electron chi connectivity index (χ3n) is 14.8. The average Bonchev–Trinajstić information content (AvgIpc) is 0.807. The Morgan fingerprint density at radius 3 is 0.798 bits per heavy atom. The molecule has 0 aromatic rings. The van der Waals surface area contributed by atoms with Crippen molar-refractivity contribution in [1.82, 2.24) is 14.3 Å². The van der Waals surface area contributed by atoms with Crippen LogP contribution in [0, 0.1) is 15.9 Å². The Bertz CT molecular complexity index is 2780. The summed E-state index contributed by atoms with van der Waals surface area (Å²) in [6.45, 7) is 1.17. The highest BCUT2D eigenvalue weighted by atomic mass is 79.9. The fourth-order valence-electron chi connectivity index (χ4n) is 8.46. The third-order valence-corrected chi connectivity index (χ3v) is 20.2. The lowest BCUT2D eigenvalue weighted by atomic mass is 9.96. The predicted octanol–water partition coefficient (Wildman–Crippen LogP) is 21.8. The van der Waals surface area contributed by atoms with Crippen molar-refractivity contribution in [3.8, 4) is 5.40 Å². The number of halogens is 37. The first-order valence-electron chi connectivity index (χ1n) is 32.1. The molecule has 0 aliphatic heterocycles. The lowest BCUT2D eigenvalue weighted by molar-refractivity contribution is -0.840. The van der Waals surface area contributed by atoms with E-state index in [1.165, 1.54) is 14.1 Å². The van der Waals surface area contributed by atoms with Crippen LogP contribution in [0.15, 0.2) is 0 Å². The normalized spacial score (nSPS) is 14.2.